The molecule has 0 spiro atoms. The van der Waals surface area contributed by atoms with Gasteiger partial charge in [0, 0.05) is 28.0 Å². The molecule has 0 N–H and O–H groups in total. The molecule has 1 amide bonds. The third-order valence-corrected chi connectivity index (χ3v) is 5.04. The molecule has 0 aromatic heterocycles. The van der Waals surface area contributed by atoms with Crippen molar-refractivity contribution in [2.45, 2.75) is 13.3 Å². The Morgan fingerprint density at radius 3 is 3.00 bits per heavy atom. The van der Waals surface area contributed by atoms with E-state index in [4.69, 9.17) is 4.84 Å². The first kappa shape index (κ1) is 14.2. The minimum Gasteiger partial charge on any atom is -0.274 e. The predicted octanol–water partition coefficient (Wildman–Crippen LogP) is 2.01. The molecule has 0 saturated carbocycles. The van der Waals surface area contributed by atoms with Gasteiger partial charge in [-0.2, -0.15) is 0 Å². The Kier molecular flexibility index (Phi) is 3.33. The van der Waals surface area contributed by atoms with Crippen LogP contribution in [0.3, 0.4) is 0 Å². The smallest absolute Gasteiger partial charge is 0.274 e. The number of carbonyl (C=O) groups is 1. The van der Waals surface area contributed by atoms with Crippen molar-refractivity contribution in [3.63, 3.8) is 0 Å². The molecule has 0 aromatic rings. The molecule has 21 heavy (non-hydrogen) atoms. The van der Waals surface area contributed by atoms with E-state index in [1.807, 2.05) is 18.2 Å². The molecule has 0 bridgehead atoms. The van der Waals surface area contributed by atoms with Gasteiger partial charge in [0.05, 0.1) is 12.0 Å². The molecule has 2 aliphatic carbocycles. The van der Waals surface area contributed by atoms with Gasteiger partial charge in [0.25, 0.3) is 11.8 Å². The van der Waals surface area contributed by atoms with Gasteiger partial charge in [0.2, 0.25) is 0 Å². The Hall–Kier alpha value is -1.73. The van der Waals surface area contributed by atoms with Crippen LogP contribution in [0.1, 0.15) is 13.3 Å². The van der Waals surface area contributed by atoms with Crippen LogP contribution >= 0.6 is 11.8 Å². The largest absolute Gasteiger partial charge is 0.278 e. The highest BCUT2D eigenvalue weighted by molar-refractivity contribution is 8.03. The Morgan fingerprint density at radius 1 is 1.52 bits per heavy atom. The van der Waals surface area contributed by atoms with E-state index in [2.05, 4.69) is 12.0 Å². The summed E-state index contributed by atoms with van der Waals surface area (Å²) in [5, 5.41) is 5.34. The maximum absolute atomic E-state index is 12.2. The van der Waals surface area contributed by atoms with E-state index in [-0.39, 0.29) is 11.3 Å². The number of carbonyl (C=O) groups excluding carboxylic acids is 1. The summed E-state index contributed by atoms with van der Waals surface area (Å²) in [7, 11) is 3.04. The molecule has 1 heterocycles. The number of nitroso groups, excluding NO2 is 1. The first-order valence-electron chi connectivity index (χ1n) is 6.59. The molecular weight excluding hydrogens is 290 g/mol. The number of hydrogen-bond acceptors (Lipinski definition) is 4. The minimum atomic E-state index is -0.319. The molecule has 110 valence electrons. The van der Waals surface area contributed by atoms with Crippen molar-refractivity contribution in [1.29, 1.82) is 0 Å². The Labute approximate surface area is 126 Å². The number of amides is 1. The van der Waals surface area contributed by atoms with Crippen LogP contribution in [0.4, 0.5) is 0 Å². The predicted molar refractivity (Wildman–Crippen MR) is 80.3 cm³/mol. The zero-order valence-corrected chi connectivity index (χ0v) is 12.9. The first-order valence-corrected chi connectivity index (χ1v) is 7.57. The molecule has 7 heteroatoms. The van der Waals surface area contributed by atoms with E-state index in [0.717, 1.165) is 16.2 Å². The SMILES string of the molecule is CON(C)C(=O)C1=CCC2(C)C(=C1)C=C1SC[N+](=O)N=C12. The van der Waals surface area contributed by atoms with Crippen LogP contribution in [0, 0.1) is 10.3 Å². The number of fused-ring (bicyclic) bond motifs is 3. The van der Waals surface area contributed by atoms with Gasteiger partial charge in [-0.1, -0.05) is 6.08 Å². The lowest BCUT2D eigenvalue weighted by Gasteiger charge is -2.29. The lowest BCUT2D eigenvalue weighted by atomic mass is 9.75. The van der Waals surface area contributed by atoms with Gasteiger partial charge in [-0.05, 0) is 42.8 Å². The number of hydrogen-bond donors (Lipinski definition) is 0. The topological polar surface area (TPSA) is 62.0 Å². The number of rotatable bonds is 2. The van der Waals surface area contributed by atoms with Crippen molar-refractivity contribution in [2.24, 2.45) is 10.5 Å². The van der Waals surface area contributed by atoms with E-state index >= 15 is 0 Å². The van der Waals surface area contributed by atoms with Gasteiger partial charge >= 0.3 is 0 Å². The van der Waals surface area contributed by atoms with Crippen molar-refractivity contribution in [1.82, 2.24) is 5.06 Å². The van der Waals surface area contributed by atoms with E-state index in [0.29, 0.717) is 22.7 Å². The molecule has 1 atom stereocenters. The average molecular weight is 306 g/mol. The second kappa shape index (κ2) is 4.92. The number of hydrazone groups is 1. The summed E-state index contributed by atoms with van der Waals surface area (Å²) in [4.78, 5) is 30.3. The van der Waals surface area contributed by atoms with Gasteiger partial charge in [0.15, 0.2) is 4.87 Å². The molecule has 1 unspecified atom stereocenters. The van der Waals surface area contributed by atoms with Crippen LogP contribution in [0.2, 0.25) is 0 Å². The third kappa shape index (κ3) is 2.16. The molecule has 0 radical (unpaired) electrons. The fourth-order valence-electron chi connectivity index (χ4n) is 2.68. The van der Waals surface area contributed by atoms with E-state index in [1.165, 1.54) is 23.9 Å². The van der Waals surface area contributed by atoms with Crippen LogP contribution in [0.5, 0.6) is 0 Å². The highest BCUT2D eigenvalue weighted by Crippen LogP contribution is 2.49. The van der Waals surface area contributed by atoms with Crippen molar-refractivity contribution in [3.05, 3.63) is 39.2 Å². The first-order chi connectivity index (χ1) is 9.95. The molecule has 0 fully saturated rings. The third-order valence-electron chi connectivity index (χ3n) is 4.07. The quantitative estimate of drug-likeness (QED) is 0.578. The molecule has 0 saturated heterocycles. The van der Waals surface area contributed by atoms with Gasteiger partial charge in [-0.3, -0.25) is 9.63 Å². The standard InChI is InChI=1S/C14H16N3O3S/c1-14-5-4-9(13(18)16(2)20-3)6-10(14)7-11-12(14)15-17(19)8-21-11/h4,6-7H,5,8H2,1-3H3/q+1. The van der Waals surface area contributed by atoms with Crippen LogP contribution in [-0.2, 0) is 9.63 Å². The average Bonchev–Trinajstić information content (AvgIpc) is 2.77. The number of likely N-dealkylation sites (N-methyl/N-ethyl adjacent to an activating group) is 1. The van der Waals surface area contributed by atoms with Crippen molar-refractivity contribution >= 4 is 23.4 Å². The van der Waals surface area contributed by atoms with Crippen LogP contribution in [0.25, 0.3) is 0 Å². The Morgan fingerprint density at radius 2 is 2.29 bits per heavy atom. The maximum Gasteiger partial charge on any atom is 0.278 e. The van der Waals surface area contributed by atoms with Crippen molar-refractivity contribution in [3.8, 4) is 0 Å². The van der Waals surface area contributed by atoms with Crippen LogP contribution in [0.15, 0.2) is 39.4 Å². The highest BCUT2D eigenvalue weighted by Gasteiger charge is 2.47. The highest BCUT2D eigenvalue weighted by atomic mass is 32.2. The van der Waals surface area contributed by atoms with E-state index in [9.17, 15) is 9.70 Å². The Bertz CT molecular complexity index is 662. The monoisotopic (exact) mass is 306 g/mol. The van der Waals surface area contributed by atoms with Gasteiger partial charge in [0.1, 0.15) is 5.71 Å². The zero-order valence-electron chi connectivity index (χ0n) is 12.1. The summed E-state index contributed by atoms with van der Waals surface area (Å²) in [5.41, 5.74) is 2.12. The van der Waals surface area contributed by atoms with Gasteiger partial charge in [-0.15, -0.1) is 0 Å². The molecular formula is C14H16N3O3S+. The van der Waals surface area contributed by atoms with Crippen LogP contribution in [-0.4, -0.2) is 41.6 Å². The Balaban J connectivity index is 1.97. The number of thioether (sulfide) groups is 1. The van der Waals surface area contributed by atoms with E-state index in [1.54, 1.807) is 7.05 Å². The lowest BCUT2D eigenvalue weighted by molar-refractivity contribution is -0.535. The molecule has 1 aliphatic heterocycles. The van der Waals surface area contributed by atoms with E-state index < -0.39 is 0 Å². The molecule has 6 nitrogen and oxygen atoms in total. The normalized spacial score (nSPS) is 27.1. The lowest BCUT2D eigenvalue weighted by Crippen LogP contribution is -2.32. The number of nitrogens with zero attached hydrogens (tertiary/aromatic N) is 3. The van der Waals surface area contributed by atoms with Crippen LogP contribution < -0.4 is 0 Å². The molecule has 3 rings (SSSR count). The number of hydroxylamine groups is 2. The second-order valence-corrected chi connectivity index (χ2v) is 6.35. The van der Waals surface area contributed by atoms with Crippen molar-refractivity contribution in [2.75, 3.05) is 20.0 Å². The molecule has 0 aromatic carbocycles. The fraction of sp³-hybridized carbons (Fsp3) is 0.429. The fourth-order valence-corrected chi connectivity index (χ4v) is 3.60. The summed E-state index contributed by atoms with van der Waals surface area (Å²) in [5.74, 6) is 0.130. The summed E-state index contributed by atoms with van der Waals surface area (Å²) >= 11 is 1.49. The molecule has 3 aliphatic rings. The van der Waals surface area contributed by atoms with Gasteiger partial charge < -0.3 is 0 Å². The zero-order chi connectivity index (χ0) is 15.2. The number of allylic oxidation sites excluding steroid dienone is 4. The van der Waals surface area contributed by atoms with Crippen molar-refractivity contribution < 1.29 is 14.5 Å². The van der Waals surface area contributed by atoms with Gasteiger partial charge in [-0.25, -0.2) is 5.06 Å². The second-order valence-electron chi connectivity index (χ2n) is 5.36. The summed E-state index contributed by atoms with van der Waals surface area (Å²) in [6.45, 7) is 2.05. The maximum atomic E-state index is 12.2. The summed E-state index contributed by atoms with van der Waals surface area (Å²) < 4.78 is 0. The summed E-state index contributed by atoms with van der Waals surface area (Å²) in [6, 6.07) is 0. The minimum absolute atomic E-state index is 0.180. The summed E-state index contributed by atoms with van der Waals surface area (Å²) in [6.07, 6.45) is 6.42.